The molecule has 0 fully saturated rings. The molecule has 3 aromatic carbocycles. The van der Waals surface area contributed by atoms with Gasteiger partial charge in [-0.2, -0.15) is 0 Å². The summed E-state index contributed by atoms with van der Waals surface area (Å²) in [5, 5.41) is 0. The first-order valence-corrected chi connectivity index (χ1v) is 8.26. The van der Waals surface area contributed by atoms with E-state index in [0.717, 1.165) is 6.42 Å². The van der Waals surface area contributed by atoms with E-state index in [2.05, 4.69) is 42.5 Å². The average molecular weight is 314 g/mol. The molecule has 3 aromatic rings. The van der Waals surface area contributed by atoms with Crippen LogP contribution >= 0.6 is 0 Å². The maximum atomic E-state index is 12.1. The number of ether oxygens (including phenoxy) is 1. The topological polar surface area (TPSA) is 26.3 Å². The predicted molar refractivity (Wildman–Crippen MR) is 95.1 cm³/mol. The Morgan fingerprint density at radius 2 is 1.58 bits per heavy atom. The molecule has 0 amide bonds. The Morgan fingerprint density at radius 1 is 0.833 bits per heavy atom. The molecule has 1 aliphatic carbocycles. The number of hydrogen-bond acceptors (Lipinski definition) is 2. The maximum Gasteiger partial charge on any atom is 0.311 e. The fraction of sp³-hybridized carbons (Fsp3) is 0.136. The highest BCUT2D eigenvalue weighted by atomic mass is 16.5. The molecule has 0 bridgehead atoms. The molecule has 0 unspecified atom stereocenters. The highest BCUT2D eigenvalue weighted by molar-refractivity contribution is 5.78. The van der Waals surface area contributed by atoms with Gasteiger partial charge in [0.15, 0.2) is 0 Å². The van der Waals surface area contributed by atoms with Gasteiger partial charge in [-0.1, -0.05) is 60.7 Å². The first-order valence-electron chi connectivity index (χ1n) is 8.26. The highest BCUT2D eigenvalue weighted by Gasteiger charge is 2.20. The second-order valence-corrected chi connectivity index (χ2v) is 6.06. The van der Waals surface area contributed by atoms with Gasteiger partial charge in [0.25, 0.3) is 0 Å². The summed E-state index contributed by atoms with van der Waals surface area (Å²) in [6.45, 7) is 0. The molecule has 4 rings (SSSR count). The minimum atomic E-state index is -0.186. The van der Waals surface area contributed by atoms with Gasteiger partial charge in [0.1, 0.15) is 5.75 Å². The van der Waals surface area contributed by atoms with E-state index in [9.17, 15) is 4.79 Å². The number of carbonyl (C=O) groups is 1. The van der Waals surface area contributed by atoms with Gasteiger partial charge in [0, 0.05) is 6.42 Å². The number of carbonyl (C=O) groups excluding carboxylic acids is 1. The number of aryl methyl sites for hydroxylation is 1. The van der Waals surface area contributed by atoms with Gasteiger partial charge in [-0.25, -0.2) is 0 Å². The largest absolute Gasteiger partial charge is 0.427 e. The van der Waals surface area contributed by atoms with Gasteiger partial charge in [-0.3, -0.25) is 4.79 Å². The summed E-state index contributed by atoms with van der Waals surface area (Å²) in [5.74, 6) is 0.419. The van der Waals surface area contributed by atoms with Crippen LogP contribution < -0.4 is 4.74 Å². The predicted octanol–water partition coefficient (Wildman–Crippen LogP) is 4.80. The lowest BCUT2D eigenvalue weighted by atomic mass is 9.98. The van der Waals surface area contributed by atoms with E-state index >= 15 is 0 Å². The Hall–Kier alpha value is -2.87. The van der Waals surface area contributed by atoms with Gasteiger partial charge in [0.2, 0.25) is 0 Å². The average Bonchev–Trinajstić information content (AvgIpc) is 3.00. The van der Waals surface area contributed by atoms with Crippen LogP contribution in [0, 0.1) is 0 Å². The van der Waals surface area contributed by atoms with Gasteiger partial charge in [-0.15, -0.1) is 0 Å². The third-order valence-electron chi connectivity index (χ3n) is 4.52. The van der Waals surface area contributed by atoms with E-state index in [0.29, 0.717) is 18.6 Å². The van der Waals surface area contributed by atoms with E-state index in [1.807, 2.05) is 18.2 Å². The van der Waals surface area contributed by atoms with Gasteiger partial charge >= 0.3 is 5.97 Å². The molecule has 2 heteroatoms. The van der Waals surface area contributed by atoms with Crippen molar-refractivity contribution < 1.29 is 9.53 Å². The van der Waals surface area contributed by atoms with E-state index in [4.69, 9.17) is 4.74 Å². The molecule has 1 aliphatic rings. The number of para-hydroxylation sites is 1. The van der Waals surface area contributed by atoms with Crippen molar-refractivity contribution in [3.05, 3.63) is 89.5 Å². The number of rotatable bonds is 4. The smallest absolute Gasteiger partial charge is 0.311 e. The molecule has 0 spiro atoms. The number of fused-ring (bicyclic) bond motifs is 3. The third-order valence-corrected chi connectivity index (χ3v) is 4.52. The zero-order chi connectivity index (χ0) is 16.4. The summed E-state index contributed by atoms with van der Waals surface area (Å²) < 4.78 is 5.38. The first-order chi connectivity index (χ1) is 11.8. The molecule has 0 heterocycles. The maximum absolute atomic E-state index is 12.1. The van der Waals surface area contributed by atoms with E-state index in [1.165, 1.54) is 27.8 Å². The molecule has 0 atom stereocenters. The van der Waals surface area contributed by atoms with Gasteiger partial charge in [0.05, 0.1) is 0 Å². The van der Waals surface area contributed by atoms with Crippen LogP contribution in [0.15, 0.2) is 72.8 Å². The second-order valence-electron chi connectivity index (χ2n) is 6.06. The lowest BCUT2D eigenvalue weighted by Gasteiger charge is -2.09. The van der Waals surface area contributed by atoms with Crippen molar-refractivity contribution >= 4 is 5.97 Å². The lowest BCUT2D eigenvalue weighted by Crippen LogP contribution is -2.09. The van der Waals surface area contributed by atoms with Crippen molar-refractivity contribution in [3.63, 3.8) is 0 Å². The van der Waals surface area contributed by atoms with Gasteiger partial charge in [-0.05, 0) is 52.8 Å². The Kier molecular flexibility index (Phi) is 3.87. The highest BCUT2D eigenvalue weighted by Crippen LogP contribution is 2.38. The second kappa shape index (κ2) is 6.32. The van der Waals surface area contributed by atoms with Crippen LogP contribution in [0.1, 0.15) is 23.1 Å². The lowest BCUT2D eigenvalue weighted by molar-refractivity contribution is -0.134. The number of benzene rings is 3. The molecule has 0 aliphatic heterocycles. The molecule has 0 radical (unpaired) electrons. The van der Waals surface area contributed by atoms with Crippen LogP contribution in [0.5, 0.6) is 5.75 Å². The fourth-order valence-corrected chi connectivity index (χ4v) is 3.37. The minimum Gasteiger partial charge on any atom is -0.427 e. The van der Waals surface area contributed by atoms with Crippen LogP contribution in [-0.4, -0.2) is 5.97 Å². The molecule has 0 N–H and O–H groups in total. The SMILES string of the molecule is O=C(CCc1cccc2c1Cc1ccccc1-2)Oc1ccccc1. The van der Waals surface area contributed by atoms with E-state index < -0.39 is 0 Å². The fourth-order valence-electron chi connectivity index (χ4n) is 3.37. The Morgan fingerprint density at radius 3 is 2.46 bits per heavy atom. The van der Waals surface area contributed by atoms with Crippen LogP contribution in [0.25, 0.3) is 11.1 Å². The zero-order valence-electron chi connectivity index (χ0n) is 13.4. The normalized spacial score (nSPS) is 11.7. The van der Waals surface area contributed by atoms with Crippen molar-refractivity contribution in [2.45, 2.75) is 19.3 Å². The van der Waals surface area contributed by atoms with Crippen molar-refractivity contribution in [1.82, 2.24) is 0 Å². The molecule has 0 aromatic heterocycles. The standard InChI is InChI=1S/C22H18O2/c23-22(24-18-9-2-1-3-10-18)14-13-16-8-6-12-20-19-11-5-4-7-17(19)15-21(16)20/h1-12H,13-15H2. The Bertz CT molecular complexity index is 881. The summed E-state index contributed by atoms with van der Waals surface area (Å²) >= 11 is 0. The quantitative estimate of drug-likeness (QED) is 0.400. The summed E-state index contributed by atoms with van der Waals surface area (Å²) in [4.78, 5) is 12.1. The van der Waals surface area contributed by atoms with Crippen LogP contribution in [0.2, 0.25) is 0 Å². The van der Waals surface area contributed by atoms with Crippen molar-refractivity contribution in [3.8, 4) is 16.9 Å². The summed E-state index contributed by atoms with van der Waals surface area (Å²) in [7, 11) is 0. The summed E-state index contributed by atoms with van der Waals surface area (Å²) in [6.07, 6.45) is 2.06. The zero-order valence-corrected chi connectivity index (χ0v) is 13.4. The number of esters is 1. The molecule has 0 saturated carbocycles. The van der Waals surface area contributed by atoms with Crippen molar-refractivity contribution in [2.75, 3.05) is 0 Å². The van der Waals surface area contributed by atoms with Crippen LogP contribution in [0.3, 0.4) is 0 Å². The number of hydrogen-bond donors (Lipinski definition) is 0. The molecular formula is C22H18O2. The monoisotopic (exact) mass is 314 g/mol. The van der Waals surface area contributed by atoms with Crippen molar-refractivity contribution in [1.29, 1.82) is 0 Å². The summed E-state index contributed by atoms with van der Waals surface area (Å²) in [6, 6.07) is 24.1. The first kappa shape index (κ1) is 14.7. The Balaban J connectivity index is 1.48. The Labute approximate surface area is 141 Å². The summed E-state index contributed by atoms with van der Waals surface area (Å²) in [5.41, 5.74) is 6.59. The molecule has 0 saturated heterocycles. The van der Waals surface area contributed by atoms with E-state index in [-0.39, 0.29) is 5.97 Å². The third kappa shape index (κ3) is 2.83. The van der Waals surface area contributed by atoms with E-state index in [1.54, 1.807) is 12.1 Å². The van der Waals surface area contributed by atoms with Crippen molar-refractivity contribution in [2.24, 2.45) is 0 Å². The molecule has 2 nitrogen and oxygen atoms in total. The van der Waals surface area contributed by atoms with Crippen LogP contribution in [-0.2, 0) is 17.6 Å². The molecule has 118 valence electrons. The molecule has 24 heavy (non-hydrogen) atoms. The van der Waals surface area contributed by atoms with Crippen LogP contribution in [0.4, 0.5) is 0 Å². The minimum absolute atomic E-state index is 0.186. The molecular weight excluding hydrogens is 296 g/mol. The van der Waals surface area contributed by atoms with Gasteiger partial charge < -0.3 is 4.74 Å².